The fourth-order valence-electron chi connectivity index (χ4n) is 1.74. The van der Waals surface area contributed by atoms with Gasteiger partial charge in [-0.2, -0.15) is 0 Å². The standard InChI is InChI=1S/C14H13FN2O4/c1-20-8-3-4-11(21-2)10(7-8)17-13-12(15)9(14(18)19)5-6-16-13/h3-7H,1-2H3,(H,16,17)(H,18,19). The number of carboxylic acids is 1. The molecule has 0 saturated heterocycles. The molecule has 21 heavy (non-hydrogen) atoms. The zero-order chi connectivity index (χ0) is 15.4. The second-order valence-corrected chi connectivity index (χ2v) is 4.02. The summed E-state index contributed by atoms with van der Waals surface area (Å²) in [6, 6.07) is 6.00. The Morgan fingerprint density at radius 1 is 1.29 bits per heavy atom. The van der Waals surface area contributed by atoms with E-state index in [4.69, 9.17) is 14.6 Å². The highest BCUT2D eigenvalue weighted by Gasteiger charge is 2.16. The smallest absolute Gasteiger partial charge is 0.338 e. The van der Waals surface area contributed by atoms with Crippen molar-refractivity contribution in [3.05, 3.63) is 41.8 Å². The molecule has 0 aliphatic carbocycles. The van der Waals surface area contributed by atoms with Crippen molar-refractivity contribution in [2.24, 2.45) is 0 Å². The molecule has 0 fully saturated rings. The fourth-order valence-corrected chi connectivity index (χ4v) is 1.74. The van der Waals surface area contributed by atoms with Crippen LogP contribution < -0.4 is 14.8 Å². The van der Waals surface area contributed by atoms with Gasteiger partial charge in [0.2, 0.25) is 0 Å². The Morgan fingerprint density at radius 2 is 2.05 bits per heavy atom. The molecule has 0 unspecified atom stereocenters. The van der Waals surface area contributed by atoms with Gasteiger partial charge in [-0.1, -0.05) is 0 Å². The van der Waals surface area contributed by atoms with Gasteiger partial charge in [0.05, 0.1) is 19.9 Å². The first-order valence-electron chi connectivity index (χ1n) is 5.93. The van der Waals surface area contributed by atoms with Crippen molar-refractivity contribution in [1.29, 1.82) is 0 Å². The van der Waals surface area contributed by atoms with Crippen molar-refractivity contribution in [3.8, 4) is 11.5 Å². The molecule has 0 bridgehead atoms. The molecule has 0 spiro atoms. The lowest BCUT2D eigenvalue weighted by molar-refractivity contribution is 0.0692. The number of hydrogen-bond donors (Lipinski definition) is 2. The number of methoxy groups -OCH3 is 2. The molecule has 0 saturated carbocycles. The highest BCUT2D eigenvalue weighted by Crippen LogP contribution is 2.32. The number of nitrogens with one attached hydrogen (secondary N) is 1. The van der Waals surface area contributed by atoms with E-state index in [1.165, 1.54) is 20.4 Å². The highest BCUT2D eigenvalue weighted by atomic mass is 19.1. The average molecular weight is 292 g/mol. The zero-order valence-electron chi connectivity index (χ0n) is 11.4. The summed E-state index contributed by atoms with van der Waals surface area (Å²) in [7, 11) is 2.96. The molecule has 0 atom stereocenters. The molecule has 6 nitrogen and oxygen atoms in total. The minimum absolute atomic E-state index is 0.207. The maximum atomic E-state index is 14.0. The van der Waals surface area contributed by atoms with E-state index in [0.29, 0.717) is 17.2 Å². The number of ether oxygens (including phenoxy) is 2. The Labute approximate surface area is 120 Å². The summed E-state index contributed by atoms with van der Waals surface area (Å²) < 4.78 is 24.3. The number of aromatic nitrogens is 1. The number of anilines is 2. The van der Waals surface area contributed by atoms with E-state index in [1.54, 1.807) is 18.2 Å². The summed E-state index contributed by atoms with van der Waals surface area (Å²) in [5, 5.41) is 11.6. The molecule has 1 aromatic carbocycles. The number of nitrogens with zero attached hydrogens (tertiary/aromatic N) is 1. The van der Waals surface area contributed by atoms with Crippen LogP contribution in [-0.2, 0) is 0 Å². The molecule has 1 heterocycles. The average Bonchev–Trinajstić information content (AvgIpc) is 2.49. The van der Waals surface area contributed by atoms with Gasteiger partial charge in [0.25, 0.3) is 0 Å². The predicted molar refractivity (Wildman–Crippen MR) is 74.0 cm³/mol. The Morgan fingerprint density at radius 3 is 2.67 bits per heavy atom. The number of hydrogen-bond acceptors (Lipinski definition) is 5. The second-order valence-electron chi connectivity index (χ2n) is 4.02. The van der Waals surface area contributed by atoms with Crippen molar-refractivity contribution < 1.29 is 23.8 Å². The molecule has 0 radical (unpaired) electrons. The first-order chi connectivity index (χ1) is 10.1. The van der Waals surface area contributed by atoms with Crippen LogP contribution >= 0.6 is 0 Å². The van der Waals surface area contributed by atoms with Crippen LogP contribution in [0.5, 0.6) is 11.5 Å². The Balaban J connectivity index is 2.42. The minimum atomic E-state index is -1.37. The summed E-state index contributed by atoms with van der Waals surface area (Å²) in [5.74, 6) is -1.54. The molecule has 110 valence electrons. The van der Waals surface area contributed by atoms with Crippen LogP contribution in [-0.4, -0.2) is 30.3 Å². The molecular weight excluding hydrogens is 279 g/mol. The maximum Gasteiger partial charge on any atom is 0.338 e. The lowest BCUT2D eigenvalue weighted by atomic mass is 10.2. The highest BCUT2D eigenvalue weighted by molar-refractivity contribution is 5.89. The van der Waals surface area contributed by atoms with Crippen molar-refractivity contribution in [2.75, 3.05) is 19.5 Å². The van der Waals surface area contributed by atoms with Gasteiger partial charge in [-0.25, -0.2) is 14.2 Å². The lowest BCUT2D eigenvalue weighted by Crippen LogP contribution is -2.06. The molecule has 2 aromatic rings. The SMILES string of the molecule is COc1ccc(OC)c(Nc2nccc(C(=O)O)c2F)c1. The van der Waals surface area contributed by atoms with E-state index in [1.807, 2.05) is 0 Å². The summed E-state index contributed by atoms with van der Waals surface area (Å²) in [6.07, 6.45) is 1.21. The molecule has 0 aliphatic heterocycles. The van der Waals surface area contributed by atoms with Gasteiger partial charge in [0.1, 0.15) is 17.1 Å². The first kappa shape index (κ1) is 14.6. The van der Waals surface area contributed by atoms with Gasteiger partial charge in [-0.3, -0.25) is 0 Å². The number of pyridine rings is 1. The van der Waals surface area contributed by atoms with Crippen LogP contribution in [0.15, 0.2) is 30.5 Å². The zero-order valence-corrected chi connectivity index (χ0v) is 11.4. The molecule has 0 aliphatic rings. The van der Waals surface area contributed by atoms with Crippen LogP contribution in [0.2, 0.25) is 0 Å². The largest absolute Gasteiger partial charge is 0.497 e. The summed E-state index contributed by atoms with van der Waals surface area (Å²) >= 11 is 0. The van der Waals surface area contributed by atoms with Crippen molar-refractivity contribution in [3.63, 3.8) is 0 Å². The number of carbonyl (C=O) groups is 1. The van der Waals surface area contributed by atoms with Gasteiger partial charge < -0.3 is 19.9 Å². The molecular formula is C14H13FN2O4. The van der Waals surface area contributed by atoms with Gasteiger partial charge in [0.15, 0.2) is 11.6 Å². The lowest BCUT2D eigenvalue weighted by Gasteiger charge is -2.13. The fraction of sp³-hybridized carbons (Fsp3) is 0.143. The van der Waals surface area contributed by atoms with E-state index >= 15 is 0 Å². The van der Waals surface area contributed by atoms with E-state index in [9.17, 15) is 9.18 Å². The molecule has 2 rings (SSSR count). The number of aromatic carboxylic acids is 1. The monoisotopic (exact) mass is 292 g/mol. The Bertz CT molecular complexity index is 676. The van der Waals surface area contributed by atoms with Gasteiger partial charge >= 0.3 is 5.97 Å². The summed E-state index contributed by atoms with van der Waals surface area (Å²) in [5.41, 5.74) is -0.0554. The van der Waals surface area contributed by atoms with Crippen molar-refractivity contribution in [1.82, 2.24) is 4.98 Å². The number of halogens is 1. The minimum Gasteiger partial charge on any atom is -0.497 e. The first-order valence-corrected chi connectivity index (χ1v) is 5.93. The quantitative estimate of drug-likeness (QED) is 0.882. The molecule has 1 aromatic heterocycles. The molecule has 0 amide bonds. The van der Waals surface area contributed by atoms with E-state index in [0.717, 1.165) is 6.07 Å². The topological polar surface area (TPSA) is 80.7 Å². The second kappa shape index (κ2) is 6.08. The normalized spacial score (nSPS) is 10.0. The van der Waals surface area contributed by atoms with Crippen LogP contribution in [0, 0.1) is 5.82 Å². The third-order valence-electron chi connectivity index (χ3n) is 2.78. The number of carboxylic acid groups (broad SMARTS) is 1. The van der Waals surface area contributed by atoms with Crippen LogP contribution in [0.25, 0.3) is 0 Å². The Hall–Kier alpha value is -2.83. The van der Waals surface area contributed by atoms with Gasteiger partial charge in [-0.05, 0) is 18.2 Å². The van der Waals surface area contributed by atoms with E-state index < -0.39 is 17.3 Å². The van der Waals surface area contributed by atoms with Crippen LogP contribution in [0.1, 0.15) is 10.4 Å². The Kier molecular flexibility index (Phi) is 4.22. The van der Waals surface area contributed by atoms with Gasteiger partial charge in [0, 0.05) is 12.3 Å². The summed E-state index contributed by atoms with van der Waals surface area (Å²) in [4.78, 5) is 14.7. The third kappa shape index (κ3) is 3.02. The van der Waals surface area contributed by atoms with Gasteiger partial charge in [-0.15, -0.1) is 0 Å². The molecule has 2 N–H and O–H groups in total. The van der Waals surface area contributed by atoms with Crippen molar-refractivity contribution in [2.45, 2.75) is 0 Å². The number of benzene rings is 1. The van der Waals surface area contributed by atoms with Crippen LogP contribution in [0.4, 0.5) is 15.9 Å². The predicted octanol–water partition coefficient (Wildman–Crippen LogP) is 2.68. The summed E-state index contributed by atoms with van der Waals surface area (Å²) in [6.45, 7) is 0. The third-order valence-corrected chi connectivity index (χ3v) is 2.78. The van der Waals surface area contributed by atoms with E-state index in [2.05, 4.69) is 10.3 Å². The number of rotatable bonds is 5. The molecule has 7 heteroatoms. The maximum absolute atomic E-state index is 14.0. The van der Waals surface area contributed by atoms with Crippen molar-refractivity contribution >= 4 is 17.5 Å². The van der Waals surface area contributed by atoms with Crippen LogP contribution in [0.3, 0.4) is 0 Å². The van der Waals surface area contributed by atoms with E-state index in [-0.39, 0.29) is 5.82 Å².